The maximum Gasteiger partial charge on any atom is 0.416 e. The van der Waals surface area contributed by atoms with E-state index in [0.717, 1.165) is 27.4 Å². The zero-order valence-electron chi connectivity index (χ0n) is 24.2. The van der Waals surface area contributed by atoms with E-state index in [2.05, 4.69) is 24.7 Å². The molecule has 5 aromatic rings. The first-order chi connectivity index (χ1) is 20.7. The molecule has 0 unspecified atom stereocenters. The number of hydrogen-bond acceptors (Lipinski definition) is 4. The summed E-state index contributed by atoms with van der Waals surface area (Å²) < 4.78 is 49.0. The van der Waals surface area contributed by atoms with Gasteiger partial charge in [-0.15, -0.1) is 19.2 Å². The second-order valence-corrected chi connectivity index (χ2v) is 18.1. The highest BCUT2D eigenvalue weighted by molar-refractivity contribution is 6.76. The van der Waals surface area contributed by atoms with Crippen molar-refractivity contribution in [3.8, 4) is 22.3 Å². The zero-order chi connectivity index (χ0) is 31.8. The van der Waals surface area contributed by atoms with Crippen molar-refractivity contribution in [2.75, 3.05) is 6.61 Å². The van der Waals surface area contributed by atoms with Gasteiger partial charge < -0.3 is 4.74 Å². The number of hydrogen-bond donors (Lipinski definition) is 0. The Bertz CT molecular complexity index is 1910. The van der Waals surface area contributed by atoms with Gasteiger partial charge in [-0.25, -0.2) is 9.48 Å². The van der Waals surface area contributed by atoms with Crippen LogP contribution in [0.4, 0.5) is 13.2 Å². The predicted molar refractivity (Wildman–Crippen MR) is 169 cm³/mol. The number of alkyl halides is 3. The third-order valence-corrected chi connectivity index (χ3v) is 9.28. The first-order valence-electron chi connectivity index (χ1n) is 13.8. The summed E-state index contributed by atoms with van der Waals surface area (Å²) in [6.45, 7) is 6.74. The number of fused-ring (bicyclic) bond motifs is 1. The maximum atomic E-state index is 14.4. The molecular weight excluding hydrogens is 632 g/mol. The van der Waals surface area contributed by atoms with Crippen molar-refractivity contribution in [1.29, 1.82) is 0 Å². The minimum absolute atomic E-state index is 0.143. The summed E-state index contributed by atoms with van der Waals surface area (Å²) in [5.74, 6) is 0. The van der Waals surface area contributed by atoms with Gasteiger partial charge in [0.05, 0.1) is 17.7 Å². The number of aromatic nitrogens is 4. The second-order valence-electron chi connectivity index (χ2n) is 11.6. The van der Waals surface area contributed by atoms with Crippen molar-refractivity contribution in [1.82, 2.24) is 19.0 Å². The topological polar surface area (TPSA) is 70.5 Å². The van der Waals surface area contributed by atoms with Crippen LogP contribution in [0.5, 0.6) is 0 Å². The molecular formula is C31H29Cl2F3N4O3Si-. The molecule has 0 spiro atoms. The van der Waals surface area contributed by atoms with Crippen LogP contribution in [-0.4, -0.2) is 33.7 Å². The lowest BCUT2D eigenvalue weighted by Crippen LogP contribution is -2.35. The lowest BCUT2D eigenvalue weighted by molar-refractivity contribution is -0.137. The molecule has 0 atom stereocenters. The van der Waals surface area contributed by atoms with Crippen molar-refractivity contribution >= 4 is 36.9 Å². The van der Waals surface area contributed by atoms with Gasteiger partial charge in [0.15, 0.2) is 5.65 Å². The zero-order valence-corrected chi connectivity index (χ0v) is 26.7. The molecule has 0 aliphatic heterocycles. The molecule has 0 saturated carbocycles. The number of nitrogens with zero attached hydrogens (tertiary/aromatic N) is 4. The first-order valence-corrected chi connectivity index (χ1v) is 18.2. The van der Waals surface area contributed by atoms with Crippen LogP contribution in [0.2, 0.25) is 35.7 Å². The fraction of sp³-hybridized carbons (Fsp3) is 0.258. The minimum atomic E-state index is -4.52. The van der Waals surface area contributed by atoms with Crippen LogP contribution >= 0.6 is 23.2 Å². The van der Waals surface area contributed by atoms with E-state index >= 15 is 0 Å². The molecule has 3 aromatic carbocycles. The average Bonchev–Trinajstić information content (AvgIpc) is 3.28. The van der Waals surface area contributed by atoms with Crippen LogP contribution in [0.3, 0.4) is 0 Å². The van der Waals surface area contributed by atoms with Gasteiger partial charge in [0.25, 0.3) is 5.56 Å². The normalized spacial score (nSPS) is 12.3. The van der Waals surface area contributed by atoms with Gasteiger partial charge >= 0.3 is 11.9 Å². The minimum Gasteiger partial charge on any atom is -0.362 e. The van der Waals surface area contributed by atoms with Crippen molar-refractivity contribution in [2.45, 2.75) is 45.1 Å². The molecule has 2 aromatic heterocycles. The SMILES string of the molecule is C[Si-](C)(C)CCOCn1nc2c(-c3ccc(Cl)cc3)c(-c3ccc(Cl)cc3)c(=O)n(Cc3ccc(C(F)(F)F)cc3)n2c1=O. The Morgan fingerprint density at radius 2 is 1.36 bits per heavy atom. The monoisotopic (exact) mass is 660 g/mol. The van der Waals surface area contributed by atoms with Gasteiger partial charge in [-0.3, -0.25) is 4.79 Å². The van der Waals surface area contributed by atoms with E-state index < -0.39 is 31.1 Å². The standard InChI is InChI=1S/C31H29Cl2F3N4O3Si/c1-44(2,3)17-16-43-19-38-30(42)40-28(37-38)26(21-6-12-24(32)13-7-21)27(22-8-14-25(33)15-9-22)29(41)39(40)18-20-4-10-23(11-5-20)31(34,35)36/h4-15H,16-19H2,1-3H3/q-1. The summed E-state index contributed by atoms with van der Waals surface area (Å²) in [5, 5.41) is 5.57. The number of ether oxygens (including phenoxy) is 1. The molecule has 5 rings (SSSR count). The molecule has 0 aliphatic carbocycles. The quantitative estimate of drug-likeness (QED) is 0.120. The Balaban J connectivity index is 1.76. The van der Waals surface area contributed by atoms with Crippen LogP contribution in [0.15, 0.2) is 82.4 Å². The number of rotatable bonds is 9. The molecule has 0 amide bonds. The highest BCUT2D eigenvalue weighted by atomic mass is 35.5. The Morgan fingerprint density at radius 3 is 1.89 bits per heavy atom. The molecule has 2 heterocycles. The summed E-state index contributed by atoms with van der Waals surface area (Å²) in [6.07, 6.45) is -4.52. The molecule has 7 nitrogen and oxygen atoms in total. The second kappa shape index (κ2) is 12.4. The molecule has 231 valence electrons. The van der Waals surface area contributed by atoms with Crippen LogP contribution < -0.4 is 11.2 Å². The molecule has 0 aliphatic rings. The van der Waals surface area contributed by atoms with Gasteiger partial charge in [0, 0.05) is 22.2 Å². The van der Waals surface area contributed by atoms with Gasteiger partial charge in [0.2, 0.25) is 0 Å². The van der Waals surface area contributed by atoms with Crippen molar-refractivity contribution in [3.05, 3.63) is 115 Å². The Labute approximate surface area is 262 Å². The van der Waals surface area contributed by atoms with Crippen LogP contribution in [0.1, 0.15) is 11.1 Å². The van der Waals surface area contributed by atoms with E-state index in [1.165, 1.54) is 16.8 Å². The number of halogens is 5. The smallest absolute Gasteiger partial charge is 0.362 e. The molecule has 0 bridgehead atoms. The summed E-state index contributed by atoms with van der Waals surface area (Å²) in [5.41, 5.74) is 0.272. The predicted octanol–water partition coefficient (Wildman–Crippen LogP) is 7.68. The van der Waals surface area contributed by atoms with E-state index in [0.29, 0.717) is 38.9 Å². The third-order valence-electron chi connectivity index (χ3n) is 7.07. The molecule has 0 N–H and O–H groups in total. The van der Waals surface area contributed by atoms with Gasteiger partial charge in [0.1, 0.15) is 6.73 Å². The largest absolute Gasteiger partial charge is 0.416 e. The Hall–Kier alpha value is -3.64. The van der Waals surface area contributed by atoms with Crippen molar-refractivity contribution in [2.24, 2.45) is 0 Å². The highest BCUT2D eigenvalue weighted by Gasteiger charge is 2.30. The van der Waals surface area contributed by atoms with Crippen molar-refractivity contribution in [3.63, 3.8) is 0 Å². The first kappa shape index (κ1) is 31.8. The fourth-order valence-electron chi connectivity index (χ4n) is 4.71. The van der Waals surface area contributed by atoms with E-state index in [-0.39, 0.29) is 24.5 Å². The van der Waals surface area contributed by atoms with E-state index in [9.17, 15) is 22.8 Å². The van der Waals surface area contributed by atoms with Crippen LogP contribution in [0, 0.1) is 0 Å². The van der Waals surface area contributed by atoms with Crippen molar-refractivity contribution < 1.29 is 17.9 Å². The summed E-state index contributed by atoms with van der Waals surface area (Å²) >= 11 is 12.3. The molecule has 0 radical (unpaired) electrons. The molecule has 13 heteroatoms. The molecule has 0 saturated heterocycles. The fourth-order valence-corrected chi connectivity index (χ4v) is 5.72. The van der Waals surface area contributed by atoms with E-state index in [1.54, 1.807) is 48.5 Å². The van der Waals surface area contributed by atoms with Gasteiger partial charge in [-0.1, -0.05) is 59.6 Å². The summed E-state index contributed by atoms with van der Waals surface area (Å²) in [6, 6.07) is 18.8. The van der Waals surface area contributed by atoms with Gasteiger partial charge in [-0.2, -0.15) is 42.0 Å². The van der Waals surface area contributed by atoms with Gasteiger partial charge in [-0.05, 0) is 53.1 Å². The molecule has 0 fully saturated rings. The van der Waals surface area contributed by atoms with E-state index in [4.69, 9.17) is 27.9 Å². The summed E-state index contributed by atoms with van der Waals surface area (Å²) in [7, 11) is -1.40. The molecule has 44 heavy (non-hydrogen) atoms. The lowest BCUT2D eigenvalue weighted by Gasteiger charge is -2.26. The van der Waals surface area contributed by atoms with E-state index in [1.807, 2.05) is 0 Å². The number of benzene rings is 3. The van der Waals surface area contributed by atoms with Crippen LogP contribution in [0.25, 0.3) is 27.9 Å². The maximum absolute atomic E-state index is 14.4. The third kappa shape index (κ3) is 6.86. The van der Waals surface area contributed by atoms with Crippen LogP contribution in [-0.2, 0) is 24.2 Å². The Morgan fingerprint density at radius 1 is 0.818 bits per heavy atom. The highest BCUT2D eigenvalue weighted by Crippen LogP contribution is 2.34. The average molecular weight is 662 g/mol. The lowest BCUT2D eigenvalue weighted by atomic mass is 9.96. The summed E-state index contributed by atoms with van der Waals surface area (Å²) in [4.78, 5) is 28.2. The Kier molecular flexibility index (Phi) is 8.95.